The van der Waals surface area contributed by atoms with Crippen LogP contribution >= 0.6 is 11.6 Å². The fourth-order valence-electron chi connectivity index (χ4n) is 8.51. The molecular formula is C32H54ClN3O. The van der Waals surface area contributed by atoms with Crippen molar-refractivity contribution < 1.29 is 4.79 Å². The summed E-state index contributed by atoms with van der Waals surface area (Å²) < 4.78 is 0. The standard InChI is InChI=1S/C21H34.C8H12ClN3.C2H6.CH2O/c1-4-16-7-10-20-19-9-6-15-13-14(2)5-8-17(15)18(19)11-12-21(16,20)3;1-2-12(11)8-6(9)4-3-5-7(8)10;2*1-2/h4,14-20H,1,5-13H2,2-3H3;3-5H,2,10-11H2,1H3;1-2H3;1H2. The first-order chi connectivity index (χ1) is 17.8. The van der Waals surface area contributed by atoms with Crippen LogP contribution in [0.5, 0.6) is 0 Å². The summed E-state index contributed by atoms with van der Waals surface area (Å²) in [5.41, 5.74) is 7.60. The highest BCUT2D eigenvalue weighted by Gasteiger charge is 2.56. The first kappa shape index (κ1) is 31.7. The zero-order valence-corrected chi connectivity index (χ0v) is 25.0. The summed E-state index contributed by atoms with van der Waals surface area (Å²) in [6, 6.07) is 5.34. The van der Waals surface area contributed by atoms with Crippen LogP contribution in [0.3, 0.4) is 0 Å². The van der Waals surface area contributed by atoms with Crippen LogP contribution < -0.4 is 16.6 Å². The van der Waals surface area contributed by atoms with E-state index in [1.807, 2.05) is 27.6 Å². The molecule has 1 aromatic carbocycles. The Kier molecular flexibility index (Phi) is 12.5. The molecule has 4 aliphatic rings. The molecule has 0 spiro atoms. The van der Waals surface area contributed by atoms with Crippen LogP contribution in [0.15, 0.2) is 30.9 Å². The maximum absolute atomic E-state index is 8.00. The van der Waals surface area contributed by atoms with E-state index in [-0.39, 0.29) is 0 Å². The molecule has 0 amide bonds. The van der Waals surface area contributed by atoms with Crippen molar-refractivity contribution in [1.29, 1.82) is 0 Å². The Bertz CT molecular complexity index is 827. The molecule has 210 valence electrons. The maximum atomic E-state index is 8.00. The second-order valence-electron chi connectivity index (χ2n) is 11.8. The normalized spacial score (nSPS) is 35.4. The Balaban J connectivity index is 0.000000258. The number of para-hydroxylation sites is 1. The zero-order valence-electron chi connectivity index (χ0n) is 24.2. The highest BCUT2D eigenvalue weighted by Crippen LogP contribution is 2.64. The van der Waals surface area contributed by atoms with Crippen molar-refractivity contribution in [2.24, 2.45) is 52.7 Å². The average molecular weight is 532 g/mol. The number of hydrazine groups is 1. The lowest BCUT2D eigenvalue weighted by molar-refractivity contribution is -0.0979. The minimum absolute atomic E-state index is 0.583. The first-order valence-corrected chi connectivity index (χ1v) is 15.2. The van der Waals surface area contributed by atoms with Crippen molar-refractivity contribution in [1.82, 2.24) is 0 Å². The lowest BCUT2D eigenvalue weighted by Gasteiger charge is -2.56. The van der Waals surface area contributed by atoms with E-state index in [1.165, 1.54) is 37.1 Å². The summed E-state index contributed by atoms with van der Waals surface area (Å²) in [7, 11) is 0. The molecule has 0 saturated heterocycles. The van der Waals surface area contributed by atoms with Gasteiger partial charge in [-0.1, -0.05) is 57.9 Å². The van der Waals surface area contributed by atoms with Gasteiger partial charge in [0.15, 0.2) is 0 Å². The molecule has 4 aliphatic carbocycles. The highest BCUT2D eigenvalue weighted by atomic mass is 35.5. The molecule has 4 N–H and O–H groups in total. The molecule has 0 heterocycles. The van der Waals surface area contributed by atoms with Crippen LogP contribution in [0.2, 0.25) is 5.02 Å². The third-order valence-electron chi connectivity index (χ3n) is 10.2. The summed E-state index contributed by atoms with van der Waals surface area (Å²) >= 11 is 5.90. The number of halogens is 1. The number of carbonyl (C=O) groups excluding carboxylic acids is 1. The van der Waals surface area contributed by atoms with Gasteiger partial charge in [0.2, 0.25) is 0 Å². The summed E-state index contributed by atoms with van der Waals surface area (Å²) in [5.74, 6) is 12.9. The van der Waals surface area contributed by atoms with E-state index in [2.05, 4.69) is 26.5 Å². The number of fused-ring (bicyclic) bond motifs is 5. The SMILES string of the molecule is C=CC1CCC2C3CCC4CC(C)CCC4C3CCC12C.C=O.CC.CCN(N)c1c(N)cccc1Cl. The number of anilines is 2. The largest absolute Gasteiger partial charge is 0.397 e. The lowest BCUT2D eigenvalue weighted by Crippen LogP contribution is -2.48. The molecule has 0 aliphatic heterocycles. The number of carbonyl (C=O) groups is 1. The number of benzene rings is 1. The fraction of sp³-hybridized carbons (Fsp3) is 0.719. The summed E-state index contributed by atoms with van der Waals surface area (Å²) in [6.45, 7) is 17.9. The topological polar surface area (TPSA) is 72.3 Å². The Morgan fingerprint density at radius 2 is 1.73 bits per heavy atom. The van der Waals surface area contributed by atoms with Gasteiger partial charge in [-0.3, -0.25) is 0 Å². The van der Waals surface area contributed by atoms with Crippen LogP contribution in [0.4, 0.5) is 11.4 Å². The Hall–Kier alpha value is -1.52. The van der Waals surface area contributed by atoms with Gasteiger partial charge >= 0.3 is 0 Å². The zero-order chi connectivity index (χ0) is 27.8. The second-order valence-corrected chi connectivity index (χ2v) is 12.2. The Morgan fingerprint density at radius 3 is 2.35 bits per heavy atom. The van der Waals surface area contributed by atoms with Gasteiger partial charge in [-0.05, 0) is 117 Å². The number of rotatable bonds is 3. The molecule has 1 aromatic rings. The highest BCUT2D eigenvalue weighted by molar-refractivity contribution is 6.33. The molecule has 5 heteroatoms. The molecule has 5 rings (SSSR count). The second kappa shape index (κ2) is 14.6. The van der Waals surface area contributed by atoms with Crippen molar-refractivity contribution in [3.05, 3.63) is 35.9 Å². The molecule has 4 nitrogen and oxygen atoms in total. The minimum atomic E-state index is 0.583. The number of nitrogens with two attached hydrogens (primary N) is 2. The van der Waals surface area contributed by atoms with E-state index in [0.717, 1.165) is 41.4 Å². The first-order valence-electron chi connectivity index (χ1n) is 14.8. The van der Waals surface area contributed by atoms with E-state index >= 15 is 0 Å². The quantitative estimate of drug-likeness (QED) is 0.177. The maximum Gasteiger partial charge on any atom is 0.106 e. The van der Waals surface area contributed by atoms with Crippen LogP contribution in [0, 0.1) is 46.8 Å². The van der Waals surface area contributed by atoms with Crippen LogP contribution in [-0.2, 0) is 4.79 Å². The van der Waals surface area contributed by atoms with Gasteiger partial charge < -0.3 is 15.5 Å². The number of hydrogen-bond acceptors (Lipinski definition) is 4. The lowest BCUT2D eigenvalue weighted by atomic mass is 9.49. The number of allylic oxidation sites excluding steroid dienone is 1. The van der Waals surface area contributed by atoms with Gasteiger partial charge in [-0.15, -0.1) is 6.58 Å². The van der Waals surface area contributed by atoms with E-state index < -0.39 is 0 Å². The van der Waals surface area contributed by atoms with E-state index in [0.29, 0.717) is 28.4 Å². The van der Waals surface area contributed by atoms with Gasteiger partial charge in [0, 0.05) is 6.54 Å². The number of nitrogen functional groups attached to an aromatic ring is 1. The monoisotopic (exact) mass is 531 g/mol. The predicted octanol–water partition coefficient (Wildman–Crippen LogP) is 8.54. The van der Waals surface area contributed by atoms with Crippen molar-refractivity contribution in [3.63, 3.8) is 0 Å². The molecule has 8 unspecified atom stereocenters. The third-order valence-corrected chi connectivity index (χ3v) is 10.5. The van der Waals surface area contributed by atoms with Gasteiger partial charge in [-0.25, -0.2) is 5.84 Å². The van der Waals surface area contributed by atoms with Crippen LogP contribution in [0.1, 0.15) is 92.4 Å². The molecule has 0 bridgehead atoms. The van der Waals surface area contributed by atoms with Gasteiger partial charge in [0.1, 0.15) is 6.79 Å². The van der Waals surface area contributed by atoms with E-state index in [9.17, 15) is 0 Å². The van der Waals surface area contributed by atoms with Crippen molar-refractivity contribution in [2.75, 3.05) is 17.3 Å². The number of hydrogen-bond donors (Lipinski definition) is 2. The van der Waals surface area contributed by atoms with Gasteiger partial charge in [0.05, 0.1) is 16.4 Å². The molecule has 0 aromatic heterocycles. The Morgan fingerprint density at radius 1 is 1.05 bits per heavy atom. The summed E-state index contributed by atoms with van der Waals surface area (Å²) in [5, 5.41) is 2.11. The molecule has 37 heavy (non-hydrogen) atoms. The van der Waals surface area contributed by atoms with Crippen LogP contribution in [0.25, 0.3) is 0 Å². The summed E-state index contributed by atoms with van der Waals surface area (Å²) in [6.07, 6.45) is 16.0. The molecule has 8 atom stereocenters. The molecule has 4 saturated carbocycles. The summed E-state index contributed by atoms with van der Waals surface area (Å²) in [4.78, 5) is 8.00. The van der Waals surface area contributed by atoms with Gasteiger partial charge in [0.25, 0.3) is 0 Å². The van der Waals surface area contributed by atoms with Crippen molar-refractivity contribution in [3.8, 4) is 0 Å². The average Bonchev–Trinajstić information content (AvgIpc) is 3.27. The van der Waals surface area contributed by atoms with Crippen molar-refractivity contribution in [2.45, 2.75) is 92.4 Å². The van der Waals surface area contributed by atoms with E-state index in [4.69, 9.17) is 28.0 Å². The Labute approximate surface area is 232 Å². The smallest absolute Gasteiger partial charge is 0.106 e. The molecule has 4 fully saturated rings. The van der Waals surface area contributed by atoms with Crippen molar-refractivity contribution >= 4 is 29.8 Å². The third kappa shape index (κ3) is 6.74. The molecular weight excluding hydrogens is 478 g/mol. The molecule has 0 radical (unpaired) electrons. The fourth-order valence-corrected chi connectivity index (χ4v) is 8.80. The minimum Gasteiger partial charge on any atom is -0.397 e. The van der Waals surface area contributed by atoms with Gasteiger partial charge in [-0.2, -0.15) is 0 Å². The number of nitrogens with zero attached hydrogens (tertiary/aromatic N) is 1. The van der Waals surface area contributed by atoms with E-state index in [1.54, 1.807) is 43.9 Å². The van der Waals surface area contributed by atoms with Crippen LogP contribution in [-0.4, -0.2) is 13.3 Å². The predicted molar refractivity (Wildman–Crippen MR) is 162 cm³/mol.